The van der Waals surface area contributed by atoms with Gasteiger partial charge in [-0.05, 0) is 47.8 Å². The topological polar surface area (TPSA) is 12.0 Å². The Morgan fingerprint density at radius 2 is 1.70 bits per heavy atom. The highest BCUT2D eigenvalue weighted by Crippen LogP contribution is 2.32. The molecule has 112 valence electrons. The molecule has 2 rings (SSSR count). The lowest BCUT2D eigenvalue weighted by atomic mass is 9.79. The van der Waals surface area contributed by atoms with E-state index in [2.05, 4.69) is 64.2 Å². The molecule has 2 atom stereocenters. The number of anilines is 1. The van der Waals surface area contributed by atoms with Crippen molar-refractivity contribution in [2.75, 3.05) is 5.32 Å². The maximum absolute atomic E-state index is 3.74. The van der Waals surface area contributed by atoms with E-state index in [0.717, 1.165) is 11.8 Å². The first-order valence-electron chi connectivity index (χ1n) is 8.23. The number of hydrogen-bond acceptors (Lipinski definition) is 1. The zero-order valence-corrected chi connectivity index (χ0v) is 13.9. The van der Waals surface area contributed by atoms with Crippen LogP contribution in [0.1, 0.15) is 65.9 Å². The van der Waals surface area contributed by atoms with Crippen molar-refractivity contribution in [1.82, 2.24) is 0 Å². The van der Waals surface area contributed by atoms with Gasteiger partial charge in [0.2, 0.25) is 0 Å². The average molecular weight is 273 g/mol. The van der Waals surface area contributed by atoms with Crippen LogP contribution < -0.4 is 5.32 Å². The summed E-state index contributed by atoms with van der Waals surface area (Å²) < 4.78 is 0. The van der Waals surface area contributed by atoms with Gasteiger partial charge in [-0.2, -0.15) is 0 Å². The second-order valence-electron chi connectivity index (χ2n) is 7.84. The van der Waals surface area contributed by atoms with Gasteiger partial charge in [0, 0.05) is 11.7 Å². The predicted molar refractivity (Wildman–Crippen MR) is 89.3 cm³/mol. The lowest BCUT2D eigenvalue weighted by Crippen LogP contribution is -2.29. The maximum Gasteiger partial charge on any atom is 0.0342 e. The van der Waals surface area contributed by atoms with Crippen LogP contribution in [0.3, 0.4) is 0 Å². The summed E-state index contributed by atoms with van der Waals surface area (Å²) in [6.07, 6.45) is 5.45. The molecule has 1 saturated carbocycles. The van der Waals surface area contributed by atoms with E-state index in [1.165, 1.54) is 36.9 Å². The van der Waals surface area contributed by atoms with Crippen molar-refractivity contribution in [3.63, 3.8) is 0 Å². The Balaban J connectivity index is 1.96. The van der Waals surface area contributed by atoms with E-state index < -0.39 is 0 Å². The third kappa shape index (κ3) is 4.01. The van der Waals surface area contributed by atoms with Crippen molar-refractivity contribution in [1.29, 1.82) is 0 Å². The summed E-state index contributed by atoms with van der Waals surface area (Å²) in [4.78, 5) is 0. The number of benzene rings is 1. The predicted octanol–water partition coefficient (Wildman–Crippen LogP) is 5.61. The van der Waals surface area contributed by atoms with Crippen molar-refractivity contribution in [2.45, 2.75) is 71.8 Å². The van der Waals surface area contributed by atoms with Crippen LogP contribution in [-0.4, -0.2) is 6.04 Å². The molecule has 0 aliphatic heterocycles. The lowest BCUT2D eigenvalue weighted by Gasteiger charge is -2.32. The molecule has 1 heteroatoms. The van der Waals surface area contributed by atoms with Crippen molar-refractivity contribution in [3.8, 4) is 0 Å². The molecule has 0 spiro atoms. The summed E-state index contributed by atoms with van der Waals surface area (Å²) in [5.41, 5.74) is 2.94. The maximum atomic E-state index is 3.74. The van der Waals surface area contributed by atoms with Crippen molar-refractivity contribution in [2.24, 2.45) is 11.8 Å². The lowest BCUT2D eigenvalue weighted by molar-refractivity contribution is 0.264. The molecular weight excluding hydrogens is 242 g/mol. The second-order valence-corrected chi connectivity index (χ2v) is 7.84. The van der Waals surface area contributed by atoms with Crippen LogP contribution in [0.25, 0.3) is 0 Å². The second kappa shape index (κ2) is 6.20. The molecule has 0 amide bonds. The fourth-order valence-corrected chi connectivity index (χ4v) is 3.27. The van der Waals surface area contributed by atoms with Crippen LogP contribution >= 0.6 is 0 Å². The van der Waals surface area contributed by atoms with E-state index in [4.69, 9.17) is 0 Å². The smallest absolute Gasteiger partial charge is 0.0342 e. The Kier molecular flexibility index (Phi) is 4.78. The quantitative estimate of drug-likeness (QED) is 0.754. The normalized spacial score (nSPS) is 23.9. The summed E-state index contributed by atoms with van der Waals surface area (Å²) in [5, 5.41) is 3.74. The molecule has 1 N–H and O–H groups in total. The first-order chi connectivity index (χ1) is 9.36. The number of rotatable bonds is 3. The zero-order chi connectivity index (χ0) is 14.8. The minimum atomic E-state index is 0.242. The molecule has 0 aromatic heterocycles. The molecule has 0 saturated heterocycles. The average Bonchev–Trinajstić information content (AvgIpc) is 2.38. The Morgan fingerprint density at radius 1 is 1.05 bits per heavy atom. The Labute approximate surface area is 125 Å². The first-order valence-corrected chi connectivity index (χ1v) is 8.23. The minimum Gasteiger partial charge on any atom is -0.382 e. The molecule has 1 aromatic rings. The number of nitrogens with one attached hydrogen (secondary N) is 1. The molecule has 1 aromatic carbocycles. The molecule has 0 bridgehead atoms. The summed E-state index contributed by atoms with van der Waals surface area (Å²) in [6, 6.07) is 9.70. The fraction of sp³-hybridized carbons (Fsp3) is 0.684. The van der Waals surface area contributed by atoms with Gasteiger partial charge in [0.05, 0.1) is 0 Å². The van der Waals surface area contributed by atoms with Gasteiger partial charge in [-0.15, -0.1) is 0 Å². The molecule has 20 heavy (non-hydrogen) atoms. The van der Waals surface area contributed by atoms with E-state index in [1.807, 2.05) is 0 Å². The van der Waals surface area contributed by atoms with Crippen molar-refractivity contribution < 1.29 is 0 Å². The van der Waals surface area contributed by atoms with Gasteiger partial charge < -0.3 is 5.32 Å². The molecular formula is C19H31N. The van der Waals surface area contributed by atoms with Gasteiger partial charge in [-0.25, -0.2) is 0 Å². The third-order valence-electron chi connectivity index (χ3n) is 4.78. The highest BCUT2D eigenvalue weighted by Gasteiger charge is 2.24. The third-order valence-corrected chi connectivity index (χ3v) is 4.78. The van der Waals surface area contributed by atoms with E-state index in [-0.39, 0.29) is 5.41 Å². The Hall–Kier alpha value is -0.980. The van der Waals surface area contributed by atoms with Crippen molar-refractivity contribution >= 4 is 5.69 Å². The molecule has 1 aliphatic rings. The minimum absolute atomic E-state index is 0.242. The van der Waals surface area contributed by atoms with Crippen LogP contribution in [0.5, 0.6) is 0 Å². The molecule has 0 radical (unpaired) electrons. The fourth-order valence-electron chi connectivity index (χ4n) is 3.27. The number of hydrogen-bond donors (Lipinski definition) is 1. The van der Waals surface area contributed by atoms with Gasteiger partial charge in [0.1, 0.15) is 0 Å². The summed E-state index contributed by atoms with van der Waals surface area (Å²) >= 11 is 0. The Bertz CT molecular complexity index is 410. The molecule has 2 unspecified atom stereocenters. The summed E-state index contributed by atoms with van der Waals surface area (Å²) in [7, 11) is 0. The van der Waals surface area contributed by atoms with Crippen LogP contribution in [0.15, 0.2) is 24.3 Å². The molecule has 0 heterocycles. The highest BCUT2D eigenvalue weighted by molar-refractivity contribution is 5.46. The van der Waals surface area contributed by atoms with E-state index in [0.29, 0.717) is 6.04 Å². The Morgan fingerprint density at radius 3 is 2.25 bits per heavy atom. The molecule has 1 fully saturated rings. The SMILES string of the molecule is CC(C)C1CCCC(Nc2ccc(C(C)(C)C)cc2)C1. The van der Waals surface area contributed by atoms with Crippen molar-refractivity contribution in [3.05, 3.63) is 29.8 Å². The molecule has 1 aliphatic carbocycles. The standard InChI is InChI=1S/C19H31N/c1-14(2)15-7-6-8-18(13-15)20-17-11-9-16(10-12-17)19(3,4)5/h9-12,14-15,18,20H,6-8,13H2,1-5H3. The van der Waals surface area contributed by atoms with Gasteiger partial charge in [0.25, 0.3) is 0 Å². The van der Waals surface area contributed by atoms with Gasteiger partial charge >= 0.3 is 0 Å². The summed E-state index contributed by atoms with van der Waals surface area (Å²) in [6.45, 7) is 11.5. The monoisotopic (exact) mass is 273 g/mol. The molecule has 1 nitrogen and oxygen atoms in total. The van der Waals surface area contributed by atoms with Gasteiger partial charge in [-0.1, -0.05) is 59.6 Å². The highest BCUT2D eigenvalue weighted by atomic mass is 14.9. The van der Waals surface area contributed by atoms with E-state index in [9.17, 15) is 0 Å². The van der Waals surface area contributed by atoms with E-state index >= 15 is 0 Å². The van der Waals surface area contributed by atoms with Gasteiger partial charge in [-0.3, -0.25) is 0 Å². The van der Waals surface area contributed by atoms with Crippen LogP contribution in [-0.2, 0) is 5.41 Å². The van der Waals surface area contributed by atoms with Crippen LogP contribution in [0.2, 0.25) is 0 Å². The first kappa shape index (κ1) is 15.4. The zero-order valence-electron chi connectivity index (χ0n) is 13.9. The van der Waals surface area contributed by atoms with E-state index in [1.54, 1.807) is 0 Å². The largest absolute Gasteiger partial charge is 0.382 e. The van der Waals surface area contributed by atoms with Crippen LogP contribution in [0, 0.1) is 11.8 Å². The van der Waals surface area contributed by atoms with Crippen LogP contribution in [0.4, 0.5) is 5.69 Å². The summed E-state index contributed by atoms with van der Waals surface area (Å²) in [5.74, 6) is 1.72. The van der Waals surface area contributed by atoms with Gasteiger partial charge in [0.15, 0.2) is 0 Å².